The van der Waals surface area contributed by atoms with Crippen molar-refractivity contribution >= 4 is 15.7 Å². The normalized spacial score (nSPS) is 11.9. The third kappa shape index (κ3) is 5.24. The predicted octanol–water partition coefficient (Wildman–Crippen LogP) is 3.51. The Kier molecular flexibility index (Phi) is 7.09. The fourth-order valence-electron chi connectivity index (χ4n) is 3.73. The average molecular weight is 507 g/mol. The molecule has 0 saturated heterocycles. The maximum absolute atomic E-state index is 13.6. The van der Waals surface area contributed by atoms with Gasteiger partial charge in [0.15, 0.2) is 0 Å². The second kappa shape index (κ2) is 10.2. The Morgan fingerprint density at radius 2 is 1.47 bits per heavy atom. The van der Waals surface area contributed by atoms with Crippen molar-refractivity contribution in [3.05, 3.63) is 94.3 Å². The molecule has 186 valence electrons. The molecule has 0 fully saturated rings. The minimum atomic E-state index is -3.77. The fraction of sp³-hybridized carbons (Fsp3) is 0.154. The van der Waals surface area contributed by atoms with Gasteiger partial charge in [0.05, 0.1) is 42.6 Å². The maximum Gasteiger partial charge on any atom is 0.280 e. The summed E-state index contributed by atoms with van der Waals surface area (Å²) >= 11 is 0. The molecule has 0 aliphatic rings. The summed E-state index contributed by atoms with van der Waals surface area (Å²) in [5.74, 6) is 1.38. The van der Waals surface area contributed by atoms with E-state index in [-0.39, 0.29) is 17.0 Å². The molecular formula is C26H26N4O5S. The smallest absolute Gasteiger partial charge is 0.280 e. The molecule has 0 atom stereocenters. The third-order valence-electron chi connectivity index (χ3n) is 5.71. The molecule has 0 amide bonds. The number of methoxy groups -OCH3 is 2. The highest BCUT2D eigenvalue weighted by Crippen LogP contribution is 2.25. The number of nitrogens with one attached hydrogen (secondary N) is 1. The van der Waals surface area contributed by atoms with Crippen molar-refractivity contribution in [2.45, 2.75) is 18.4 Å². The molecule has 4 rings (SSSR count). The number of aliphatic imine (C=N–C) groups is 1. The summed E-state index contributed by atoms with van der Waals surface area (Å²) in [6.07, 6.45) is 0. The van der Waals surface area contributed by atoms with Crippen molar-refractivity contribution in [2.75, 3.05) is 14.2 Å². The van der Waals surface area contributed by atoms with Crippen LogP contribution in [0.25, 0.3) is 16.9 Å². The van der Waals surface area contributed by atoms with Crippen molar-refractivity contribution < 1.29 is 17.9 Å². The molecule has 9 nitrogen and oxygen atoms in total. The molecule has 0 aliphatic carbocycles. The first-order chi connectivity index (χ1) is 17.2. The largest absolute Gasteiger partial charge is 0.497 e. The lowest BCUT2D eigenvalue weighted by atomic mass is 10.0. The second-order valence-corrected chi connectivity index (χ2v) is 9.58. The van der Waals surface area contributed by atoms with Gasteiger partial charge in [-0.25, -0.2) is 18.2 Å². The number of hydrogen-bond donors (Lipinski definition) is 2. The Bertz CT molecular complexity index is 1550. The third-order valence-corrected chi connectivity index (χ3v) is 6.64. The second-order valence-electron chi connectivity index (χ2n) is 8.02. The summed E-state index contributed by atoms with van der Waals surface area (Å²) in [4.78, 5) is 18.2. The zero-order valence-electron chi connectivity index (χ0n) is 20.1. The minimum Gasteiger partial charge on any atom is -0.497 e. The molecule has 0 saturated carbocycles. The number of nitrogens with two attached hydrogens (primary N) is 1. The van der Waals surface area contributed by atoms with Gasteiger partial charge in [-0.2, -0.15) is 0 Å². The Morgan fingerprint density at radius 3 is 2.00 bits per heavy atom. The Labute approximate surface area is 208 Å². The van der Waals surface area contributed by atoms with Crippen molar-refractivity contribution in [3.63, 3.8) is 0 Å². The number of aromatic nitrogens is 2. The number of sulfonamides is 1. The van der Waals surface area contributed by atoms with E-state index in [9.17, 15) is 13.2 Å². The number of hydrogen-bond acceptors (Lipinski definition) is 6. The van der Waals surface area contributed by atoms with Gasteiger partial charge in [-0.15, -0.1) is 0 Å². The zero-order chi connectivity index (χ0) is 25.9. The number of rotatable bonds is 8. The van der Waals surface area contributed by atoms with Crippen molar-refractivity contribution in [2.24, 2.45) is 10.1 Å². The van der Waals surface area contributed by atoms with Gasteiger partial charge < -0.3 is 9.47 Å². The highest BCUT2D eigenvalue weighted by Gasteiger charge is 2.19. The van der Waals surface area contributed by atoms with Crippen LogP contribution in [0.3, 0.4) is 0 Å². The first kappa shape index (κ1) is 25.0. The molecule has 0 aliphatic heterocycles. The number of primary sulfonamides is 1. The lowest BCUT2D eigenvalue weighted by molar-refractivity contribution is 0.414. The van der Waals surface area contributed by atoms with Crippen molar-refractivity contribution in [1.82, 2.24) is 9.78 Å². The number of nitrogens with zero attached hydrogens (tertiary/aromatic N) is 2. The number of ether oxygens (including phenoxy) is 2. The van der Waals surface area contributed by atoms with Gasteiger partial charge in [0.2, 0.25) is 10.0 Å². The highest BCUT2D eigenvalue weighted by atomic mass is 32.2. The van der Waals surface area contributed by atoms with Crippen LogP contribution in [0.2, 0.25) is 0 Å². The lowest BCUT2D eigenvalue weighted by Gasteiger charge is -2.06. The van der Waals surface area contributed by atoms with E-state index in [1.165, 1.54) is 16.8 Å². The fourth-order valence-corrected chi connectivity index (χ4v) is 4.24. The minimum absolute atomic E-state index is 0.0294. The van der Waals surface area contributed by atoms with Crippen LogP contribution in [0.15, 0.2) is 87.5 Å². The number of benzene rings is 3. The molecule has 36 heavy (non-hydrogen) atoms. The van der Waals surface area contributed by atoms with E-state index in [0.717, 1.165) is 11.1 Å². The first-order valence-corrected chi connectivity index (χ1v) is 12.5. The van der Waals surface area contributed by atoms with E-state index in [2.05, 4.69) is 10.1 Å². The Hall–Kier alpha value is -4.15. The number of H-pyrrole nitrogens is 1. The molecule has 3 aromatic carbocycles. The van der Waals surface area contributed by atoms with Crippen LogP contribution >= 0.6 is 0 Å². The summed E-state index contributed by atoms with van der Waals surface area (Å²) in [6.45, 7) is 2.03. The highest BCUT2D eigenvalue weighted by molar-refractivity contribution is 7.89. The van der Waals surface area contributed by atoms with E-state index >= 15 is 0 Å². The van der Waals surface area contributed by atoms with E-state index in [4.69, 9.17) is 14.6 Å². The van der Waals surface area contributed by atoms with Crippen LogP contribution in [0, 0.1) is 0 Å². The van der Waals surface area contributed by atoms with Gasteiger partial charge in [-0.1, -0.05) is 12.1 Å². The molecular weight excluding hydrogens is 480 g/mol. The molecule has 0 bridgehead atoms. The SMILES string of the molecule is COc1ccc(-c2[nH]n(-c3ccc(OC)cc3)c(=O)c2C(C)=NCc2ccc(S(N)(=O)=O)cc2)cc1. The number of aromatic amines is 1. The van der Waals surface area contributed by atoms with E-state index in [0.29, 0.717) is 34.2 Å². The Balaban J connectivity index is 1.76. The topological polar surface area (TPSA) is 129 Å². The van der Waals surface area contributed by atoms with E-state index in [1.807, 2.05) is 24.3 Å². The van der Waals surface area contributed by atoms with Gasteiger partial charge in [-0.05, 0) is 73.2 Å². The van der Waals surface area contributed by atoms with Crippen LogP contribution in [-0.2, 0) is 16.6 Å². The lowest BCUT2D eigenvalue weighted by Crippen LogP contribution is -2.19. The maximum atomic E-state index is 13.6. The summed E-state index contributed by atoms with van der Waals surface area (Å²) < 4.78 is 34.9. The van der Waals surface area contributed by atoms with Gasteiger partial charge in [-0.3, -0.25) is 14.9 Å². The van der Waals surface area contributed by atoms with Crippen LogP contribution in [0.4, 0.5) is 0 Å². The molecule has 10 heteroatoms. The standard InChI is InChI=1S/C26H26N4O5S/c1-17(28-16-18-4-14-23(15-5-18)36(27,32)33)24-25(19-6-10-21(34-2)11-7-19)29-30(26(24)31)20-8-12-22(35-3)13-9-20/h4-15,29H,16H2,1-3H3,(H2,27,32,33). The van der Waals surface area contributed by atoms with Crippen LogP contribution in [0.5, 0.6) is 11.5 Å². The van der Waals surface area contributed by atoms with Gasteiger partial charge in [0, 0.05) is 11.3 Å². The molecule has 1 aromatic heterocycles. The van der Waals surface area contributed by atoms with E-state index < -0.39 is 10.0 Å². The van der Waals surface area contributed by atoms with Crippen LogP contribution in [-0.4, -0.2) is 38.1 Å². The Morgan fingerprint density at radius 1 is 0.917 bits per heavy atom. The molecule has 0 radical (unpaired) electrons. The first-order valence-electron chi connectivity index (χ1n) is 11.0. The monoisotopic (exact) mass is 506 g/mol. The predicted molar refractivity (Wildman–Crippen MR) is 139 cm³/mol. The van der Waals surface area contributed by atoms with Gasteiger partial charge in [0.1, 0.15) is 11.5 Å². The molecule has 4 aromatic rings. The zero-order valence-corrected chi connectivity index (χ0v) is 20.9. The van der Waals surface area contributed by atoms with Gasteiger partial charge >= 0.3 is 0 Å². The van der Waals surface area contributed by atoms with Crippen molar-refractivity contribution in [1.29, 1.82) is 0 Å². The van der Waals surface area contributed by atoms with Gasteiger partial charge in [0.25, 0.3) is 5.56 Å². The molecule has 1 heterocycles. The average Bonchev–Trinajstić information content (AvgIpc) is 3.24. The molecule has 0 unspecified atom stereocenters. The summed E-state index contributed by atoms with van der Waals surface area (Å²) in [5.41, 5.74) is 3.54. The summed E-state index contributed by atoms with van der Waals surface area (Å²) in [6, 6.07) is 20.7. The quantitative estimate of drug-likeness (QED) is 0.354. The van der Waals surface area contributed by atoms with Crippen molar-refractivity contribution in [3.8, 4) is 28.4 Å². The van der Waals surface area contributed by atoms with Crippen LogP contribution in [0.1, 0.15) is 18.1 Å². The van der Waals surface area contributed by atoms with E-state index in [1.54, 1.807) is 57.5 Å². The van der Waals surface area contributed by atoms with Crippen LogP contribution < -0.4 is 20.2 Å². The summed E-state index contributed by atoms with van der Waals surface area (Å²) in [5, 5.41) is 8.39. The molecule has 0 spiro atoms. The summed E-state index contributed by atoms with van der Waals surface area (Å²) in [7, 11) is -0.596. The molecule has 3 N–H and O–H groups in total.